The third-order valence-electron chi connectivity index (χ3n) is 7.19. The summed E-state index contributed by atoms with van der Waals surface area (Å²) in [5.41, 5.74) is 1.12. The van der Waals surface area contributed by atoms with Crippen molar-refractivity contribution in [1.82, 2.24) is 9.80 Å². The molecular formula is C31H38N2O6. The highest BCUT2D eigenvalue weighted by atomic mass is 16.5. The van der Waals surface area contributed by atoms with Crippen molar-refractivity contribution < 1.29 is 28.6 Å². The molecule has 0 fully saturated rings. The van der Waals surface area contributed by atoms with Gasteiger partial charge in [0, 0.05) is 18.5 Å². The van der Waals surface area contributed by atoms with E-state index < -0.39 is 23.5 Å². The largest absolute Gasteiger partial charge is 0.503 e. The molecule has 8 nitrogen and oxygen atoms in total. The van der Waals surface area contributed by atoms with Gasteiger partial charge in [0.25, 0.3) is 5.91 Å². The number of rotatable bonds is 13. The lowest BCUT2D eigenvalue weighted by molar-refractivity contribution is -0.129. The number of aliphatic hydroxyl groups is 1. The zero-order chi connectivity index (χ0) is 28.1. The highest BCUT2D eigenvalue weighted by Crippen LogP contribution is 2.41. The number of ketones is 1. The van der Waals surface area contributed by atoms with E-state index >= 15 is 0 Å². The molecule has 1 aliphatic heterocycles. The number of furan rings is 1. The number of benzene rings is 2. The Morgan fingerprint density at radius 2 is 1.87 bits per heavy atom. The van der Waals surface area contributed by atoms with Gasteiger partial charge < -0.3 is 28.8 Å². The number of amides is 1. The zero-order valence-electron chi connectivity index (χ0n) is 23.4. The van der Waals surface area contributed by atoms with Crippen molar-refractivity contribution in [2.45, 2.75) is 40.2 Å². The van der Waals surface area contributed by atoms with Gasteiger partial charge in [0.2, 0.25) is 5.78 Å². The summed E-state index contributed by atoms with van der Waals surface area (Å²) in [6.45, 7) is 11.6. The summed E-state index contributed by atoms with van der Waals surface area (Å²) < 4.78 is 17.3. The number of hydrogen-bond acceptors (Lipinski definition) is 7. The molecule has 1 atom stereocenters. The summed E-state index contributed by atoms with van der Waals surface area (Å²) in [4.78, 5) is 31.1. The van der Waals surface area contributed by atoms with Gasteiger partial charge in [0.1, 0.15) is 5.75 Å². The van der Waals surface area contributed by atoms with Crippen LogP contribution in [-0.2, 0) is 4.79 Å². The molecule has 0 bridgehead atoms. The Bertz CT molecular complexity index is 1350. The average Bonchev–Trinajstić information content (AvgIpc) is 3.48. The van der Waals surface area contributed by atoms with E-state index in [1.807, 2.05) is 36.4 Å². The number of nitrogens with zero attached hydrogens (tertiary/aromatic N) is 2. The van der Waals surface area contributed by atoms with Gasteiger partial charge in [-0.3, -0.25) is 9.59 Å². The summed E-state index contributed by atoms with van der Waals surface area (Å²) in [7, 11) is 1.53. The minimum atomic E-state index is -0.788. The Labute approximate surface area is 229 Å². The quantitative estimate of drug-likeness (QED) is 0.278. The SMILES string of the molecule is CCN(CC)CCN1C(=O)C(O)=C(C(=O)c2cc3cccc(OC)c3o2)C1c1cccc(OCCC(C)C)c1. The van der Waals surface area contributed by atoms with E-state index in [0.717, 1.165) is 19.5 Å². The second kappa shape index (κ2) is 12.4. The van der Waals surface area contributed by atoms with Gasteiger partial charge in [-0.25, -0.2) is 0 Å². The molecule has 1 unspecified atom stereocenters. The molecule has 3 aromatic rings. The smallest absolute Gasteiger partial charge is 0.290 e. The Kier molecular flexibility index (Phi) is 8.97. The van der Waals surface area contributed by atoms with Crippen molar-refractivity contribution in [3.8, 4) is 11.5 Å². The van der Waals surface area contributed by atoms with Gasteiger partial charge in [0.05, 0.1) is 25.3 Å². The van der Waals surface area contributed by atoms with Gasteiger partial charge in [-0.2, -0.15) is 0 Å². The fraction of sp³-hybridized carbons (Fsp3) is 0.419. The van der Waals surface area contributed by atoms with Crippen LogP contribution in [0.4, 0.5) is 0 Å². The molecule has 208 valence electrons. The van der Waals surface area contributed by atoms with Crippen molar-refractivity contribution in [2.24, 2.45) is 5.92 Å². The summed E-state index contributed by atoms with van der Waals surface area (Å²) in [6.07, 6.45) is 0.905. The van der Waals surface area contributed by atoms with E-state index in [1.54, 1.807) is 17.0 Å². The van der Waals surface area contributed by atoms with Crippen LogP contribution in [0.3, 0.4) is 0 Å². The third kappa shape index (κ3) is 5.96. The first-order chi connectivity index (χ1) is 18.8. The number of hydrogen-bond donors (Lipinski definition) is 1. The topological polar surface area (TPSA) is 92.5 Å². The minimum absolute atomic E-state index is 0.00287. The van der Waals surface area contributed by atoms with Gasteiger partial charge in [-0.05, 0) is 55.3 Å². The molecule has 1 aromatic heterocycles. The van der Waals surface area contributed by atoms with E-state index in [2.05, 4.69) is 32.6 Å². The predicted molar refractivity (Wildman–Crippen MR) is 150 cm³/mol. The van der Waals surface area contributed by atoms with E-state index in [1.165, 1.54) is 7.11 Å². The van der Waals surface area contributed by atoms with E-state index in [9.17, 15) is 14.7 Å². The maximum atomic E-state index is 13.9. The van der Waals surface area contributed by atoms with Crippen molar-refractivity contribution in [1.29, 1.82) is 0 Å². The summed E-state index contributed by atoms with van der Waals surface area (Å²) >= 11 is 0. The minimum Gasteiger partial charge on any atom is -0.503 e. The number of methoxy groups -OCH3 is 1. The number of ether oxygens (including phenoxy) is 2. The number of carbonyl (C=O) groups excluding carboxylic acids is 2. The van der Waals surface area contributed by atoms with Crippen LogP contribution in [0.15, 0.2) is 64.3 Å². The second-order valence-corrected chi connectivity index (χ2v) is 10.1. The van der Waals surface area contributed by atoms with Crippen molar-refractivity contribution in [3.63, 3.8) is 0 Å². The van der Waals surface area contributed by atoms with Crippen molar-refractivity contribution in [3.05, 3.63) is 71.2 Å². The highest BCUT2D eigenvalue weighted by molar-refractivity contribution is 6.16. The zero-order valence-corrected chi connectivity index (χ0v) is 23.4. The van der Waals surface area contributed by atoms with E-state index in [4.69, 9.17) is 13.9 Å². The molecule has 1 N–H and O–H groups in total. The van der Waals surface area contributed by atoms with Crippen LogP contribution in [-0.4, -0.2) is 66.5 Å². The molecule has 1 aliphatic rings. The highest BCUT2D eigenvalue weighted by Gasteiger charge is 2.44. The van der Waals surface area contributed by atoms with Crippen molar-refractivity contribution >= 4 is 22.7 Å². The Morgan fingerprint density at radius 1 is 1.13 bits per heavy atom. The van der Waals surface area contributed by atoms with Crippen LogP contribution in [0.5, 0.6) is 11.5 Å². The fourth-order valence-electron chi connectivity index (χ4n) is 4.88. The van der Waals surface area contributed by atoms with Gasteiger partial charge in [0.15, 0.2) is 22.9 Å². The maximum Gasteiger partial charge on any atom is 0.290 e. The number of fused-ring (bicyclic) bond motifs is 1. The van der Waals surface area contributed by atoms with E-state index in [0.29, 0.717) is 53.6 Å². The molecule has 0 spiro atoms. The lowest BCUT2D eigenvalue weighted by atomic mass is 9.94. The van der Waals surface area contributed by atoms with Crippen LogP contribution >= 0.6 is 0 Å². The average molecular weight is 535 g/mol. The molecule has 8 heteroatoms. The molecule has 0 saturated carbocycles. The van der Waals surface area contributed by atoms with Crippen LogP contribution in [0, 0.1) is 5.92 Å². The summed E-state index contributed by atoms with van der Waals surface area (Å²) in [5, 5.41) is 11.8. The molecule has 0 aliphatic carbocycles. The molecule has 1 amide bonds. The lowest BCUT2D eigenvalue weighted by Gasteiger charge is -2.29. The van der Waals surface area contributed by atoms with Gasteiger partial charge >= 0.3 is 0 Å². The predicted octanol–water partition coefficient (Wildman–Crippen LogP) is 5.79. The summed E-state index contributed by atoms with van der Waals surface area (Å²) in [5.74, 6) is 0.0115. The number of likely N-dealkylation sites (N-methyl/N-ethyl adjacent to an activating group) is 1. The lowest BCUT2D eigenvalue weighted by Crippen LogP contribution is -2.38. The Hall–Kier alpha value is -3.78. The van der Waals surface area contributed by atoms with Gasteiger partial charge in [-0.1, -0.05) is 52.0 Å². The first-order valence-corrected chi connectivity index (χ1v) is 13.6. The number of aliphatic hydroxyl groups excluding tert-OH is 1. The van der Waals surface area contributed by atoms with Crippen LogP contribution in [0.2, 0.25) is 0 Å². The number of carbonyl (C=O) groups is 2. The first kappa shape index (κ1) is 28.2. The van der Waals surface area contributed by atoms with Crippen LogP contribution in [0.1, 0.15) is 56.3 Å². The Balaban J connectivity index is 1.73. The van der Waals surface area contributed by atoms with Crippen LogP contribution < -0.4 is 9.47 Å². The van der Waals surface area contributed by atoms with Crippen molar-refractivity contribution in [2.75, 3.05) is 39.9 Å². The third-order valence-corrected chi connectivity index (χ3v) is 7.19. The molecule has 2 heterocycles. The molecular weight excluding hydrogens is 496 g/mol. The van der Waals surface area contributed by atoms with Gasteiger partial charge in [-0.15, -0.1) is 0 Å². The molecule has 39 heavy (non-hydrogen) atoms. The molecule has 2 aromatic carbocycles. The van der Waals surface area contributed by atoms with Crippen LogP contribution in [0.25, 0.3) is 11.0 Å². The monoisotopic (exact) mass is 534 g/mol. The fourth-order valence-corrected chi connectivity index (χ4v) is 4.88. The number of Topliss-reactive ketones (excluding diaryl/α,β-unsaturated/α-hetero) is 1. The Morgan fingerprint density at radius 3 is 2.56 bits per heavy atom. The molecule has 0 radical (unpaired) electrons. The summed E-state index contributed by atoms with van der Waals surface area (Å²) in [6, 6.07) is 13.6. The second-order valence-electron chi connectivity index (χ2n) is 10.1. The molecule has 0 saturated heterocycles. The normalized spacial score (nSPS) is 15.7. The standard InChI is InChI=1S/C31H38N2O6/c1-6-32(7-2)15-16-33-27(21-10-8-12-23(18-21)38-17-14-20(3)4)26(29(35)31(33)36)28(34)25-19-22-11-9-13-24(37-5)30(22)39-25/h8-13,18-20,27,35H,6-7,14-17H2,1-5H3. The number of para-hydroxylation sites is 1. The maximum absolute atomic E-state index is 13.9. The first-order valence-electron chi connectivity index (χ1n) is 13.6. The molecule has 4 rings (SSSR count). The van der Waals surface area contributed by atoms with E-state index in [-0.39, 0.29) is 11.3 Å².